The number of nitrogens with one attached hydrogen (secondary N) is 1. The van der Waals surface area contributed by atoms with Crippen molar-refractivity contribution in [1.29, 1.82) is 0 Å². The molecule has 0 bridgehead atoms. The van der Waals surface area contributed by atoms with Gasteiger partial charge in [-0.3, -0.25) is 0 Å². The monoisotopic (exact) mass is 254 g/mol. The zero-order valence-electron chi connectivity index (χ0n) is 11.2. The second-order valence-corrected chi connectivity index (χ2v) is 4.91. The molecular weight excluding hydrogens is 232 g/mol. The molecule has 1 fully saturated rings. The third-order valence-electron chi connectivity index (χ3n) is 2.92. The number of ether oxygens (including phenoxy) is 1. The van der Waals surface area contributed by atoms with Crippen LogP contribution in [0.2, 0.25) is 0 Å². The zero-order chi connectivity index (χ0) is 12.8. The largest absolute Gasteiger partial charge is 0.378 e. The van der Waals surface area contributed by atoms with Gasteiger partial charge < -0.3 is 19.5 Å². The van der Waals surface area contributed by atoms with Gasteiger partial charge in [0.2, 0.25) is 5.89 Å². The van der Waals surface area contributed by atoms with E-state index in [9.17, 15) is 0 Å². The molecule has 0 aliphatic carbocycles. The Kier molecular flexibility index (Phi) is 5.10. The highest BCUT2D eigenvalue weighted by atomic mass is 16.5. The van der Waals surface area contributed by atoms with Crippen molar-refractivity contribution >= 4 is 0 Å². The van der Waals surface area contributed by atoms with E-state index >= 15 is 0 Å². The Bertz CT molecular complexity index is 348. The van der Waals surface area contributed by atoms with Crippen LogP contribution in [0.4, 0.5) is 0 Å². The van der Waals surface area contributed by atoms with E-state index in [1.807, 2.05) is 19.0 Å². The number of aromatic nitrogens is 2. The van der Waals surface area contributed by atoms with E-state index in [1.165, 1.54) is 0 Å². The van der Waals surface area contributed by atoms with Gasteiger partial charge in [-0.05, 0) is 40.0 Å². The van der Waals surface area contributed by atoms with Crippen LogP contribution >= 0.6 is 0 Å². The van der Waals surface area contributed by atoms with Gasteiger partial charge in [-0.25, -0.2) is 0 Å². The Morgan fingerprint density at radius 1 is 1.39 bits per heavy atom. The lowest BCUT2D eigenvalue weighted by Crippen LogP contribution is -2.32. The molecule has 0 saturated carbocycles. The normalized spacial score (nSPS) is 17.5. The molecule has 0 radical (unpaired) electrons. The van der Waals surface area contributed by atoms with Gasteiger partial charge in [-0.15, -0.1) is 0 Å². The Balaban J connectivity index is 1.67. The first-order valence-corrected chi connectivity index (χ1v) is 6.52. The van der Waals surface area contributed by atoms with Crippen molar-refractivity contribution in [1.82, 2.24) is 20.4 Å². The third-order valence-corrected chi connectivity index (χ3v) is 2.92. The summed E-state index contributed by atoms with van der Waals surface area (Å²) in [5.41, 5.74) is 0. The van der Waals surface area contributed by atoms with Crippen LogP contribution in [-0.4, -0.2) is 54.9 Å². The van der Waals surface area contributed by atoms with E-state index in [2.05, 4.69) is 15.5 Å². The Morgan fingerprint density at radius 3 is 2.89 bits per heavy atom. The predicted octanol–water partition coefficient (Wildman–Crippen LogP) is 0.442. The summed E-state index contributed by atoms with van der Waals surface area (Å²) in [6, 6.07) is 0. The van der Waals surface area contributed by atoms with Crippen molar-refractivity contribution in [3.8, 4) is 0 Å². The highest BCUT2D eigenvalue weighted by Crippen LogP contribution is 2.08. The van der Waals surface area contributed by atoms with Gasteiger partial charge in [-0.2, -0.15) is 4.98 Å². The molecule has 1 saturated heterocycles. The van der Waals surface area contributed by atoms with Crippen molar-refractivity contribution in [2.24, 2.45) is 0 Å². The van der Waals surface area contributed by atoms with Crippen LogP contribution in [0, 0.1) is 0 Å². The third kappa shape index (κ3) is 4.36. The van der Waals surface area contributed by atoms with Crippen LogP contribution in [0.15, 0.2) is 4.52 Å². The molecule has 1 N–H and O–H groups in total. The van der Waals surface area contributed by atoms with Crippen LogP contribution in [0.5, 0.6) is 0 Å². The molecule has 1 aromatic heterocycles. The lowest BCUT2D eigenvalue weighted by atomic mass is 10.1. The highest BCUT2D eigenvalue weighted by Gasteiger charge is 2.14. The summed E-state index contributed by atoms with van der Waals surface area (Å²) in [6.07, 6.45) is 3.27. The summed E-state index contributed by atoms with van der Waals surface area (Å²) in [6.45, 7) is 3.48. The lowest BCUT2D eigenvalue weighted by Gasteiger charge is -2.22. The summed E-state index contributed by atoms with van der Waals surface area (Å²) in [5.74, 6) is 1.40. The van der Waals surface area contributed by atoms with Crippen molar-refractivity contribution < 1.29 is 9.26 Å². The van der Waals surface area contributed by atoms with Crippen molar-refractivity contribution in [3.63, 3.8) is 0 Å². The number of rotatable bonds is 6. The van der Waals surface area contributed by atoms with Gasteiger partial charge in [0.1, 0.15) is 0 Å². The Labute approximate surface area is 108 Å². The van der Waals surface area contributed by atoms with E-state index in [0.717, 1.165) is 31.8 Å². The minimum atomic E-state index is 0.385. The fourth-order valence-corrected chi connectivity index (χ4v) is 2.01. The maximum atomic E-state index is 5.80. The Hall–Kier alpha value is -0.980. The fraction of sp³-hybridized carbons (Fsp3) is 0.833. The highest BCUT2D eigenvalue weighted by molar-refractivity contribution is 4.86. The summed E-state index contributed by atoms with van der Waals surface area (Å²) >= 11 is 0. The van der Waals surface area contributed by atoms with Crippen LogP contribution in [0.1, 0.15) is 24.6 Å². The van der Waals surface area contributed by atoms with Gasteiger partial charge in [0.15, 0.2) is 5.82 Å². The molecule has 1 aromatic rings. The van der Waals surface area contributed by atoms with Crippen molar-refractivity contribution in [2.45, 2.75) is 31.9 Å². The summed E-state index contributed by atoms with van der Waals surface area (Å²) in [7, 11) is 3.96. The molecule has 1 aliphatic heterocycles. The molecule has 0 unspecified atom stereocenters. The molecule has 2 heterocycles. The summed E-state index contributed by atoms with van der Waals surface area (Å²) in [4.78, 5) is 6.34. The number of piperidine rings is 1. The predicted molar refractivity (Wildman–Crippen MR) is 67.2 cm³/mol. The quantitative estimate of drug-likeness (QED) is 0.795. The standard InChI is InChI=1S/C12H22N4O2/c1-16(2)9-11-14-12(18-15-11)5-8-17-10-3-6-13-7-4-10/h10,13H,3-9H2,1-2H3. The molecule has 6 nitrogen and oxygen atoms in total. The number of hydrogen-bond acceptors (Lipinski definition) is 6. The minimum Gasteiger partial charge on any atom is -0.378 e. The lowest BCUT2D eigenvalue weighted by molar-refractivity contribution is 0.0322. The maximum absolute atomic E-state index is 5.80. The van der Waals surface area contributed by atoms with Gasteiger partial charge in [-0.1, -0.05) is 5.16 Å². The molecule has 102 valence electrons. The molecule has 0 spiro atoms. The molecule has 1 aliphatic rings. The van der Waals surface area contributed by atoms with Crippen molar-refractivity contribution in [2.75, 3.05) is 33.8 Å². The average molecular weight is 254 g/mol. The first kappa shape index (κ1) is 13.5. The van der Waals surface area contributed by atoms with Gasteiger partial charge >= 0.3 is 0 Å². The first-order valence-electron chi connectivity index (χ1n) is 6.52. The van der Waals surface area contributed by atoms with Crippen LogP contribution < -0.4 is 5.32 Å². The smallest absolute Gasteiger partial charge is 0.229 e. The van der Waals surface area contributed by atoms with E-state index in [4.69, 9.17) is 9.26 Å². The zero-order valence-corrected chi connectivity index (χ0v) is 11.2. The fourth-order valence-electron chi connectivity index (χ4n) is 2.01. The second-order valence-electron chi connectivity index (χ2n) is 4.91. The first-order chi connectivity index (χ1) is 8.74. The maximum Gasteiger partial charge on any atom is 0.229 e. The molecule has 6 heteroatoms. The van der Waals surface area contributed by atoms with Crippen molar-refractivity contribution in [3.05, 3.63) is 11.7 Å². The minimum absolute atomic E-state index is 0.385. The topological polar surface area (TPSA) is 63.4 Å². The molecular formula is C12H22N4O2. The Morgan fingerprint density at radius 2 is 2.17 bits per heavy atom. The van der Waals surface area contributed by atoms with E-state index < -0.39 is 0 Å². The van der Waals surface area contributed by atoms with Crippen LogP contribution in [-0.2, 0) is 17.7 Å². The summed E-state index contributed by atoms with van der Waals surface area (Å²) < 4.78 is 11.0. The number of nitrogens with zero attached hydrogens (tertiary/aromatic N) is 3. The SMILES string of the molecule is CN(C)Cc1noc(CCOC2CCNCC2)n1. The summed E-state index contributed by atoms with van der Waals surface area (Å²) in [5, 5.41) is 7.25. The molecule has 0 atom stereocenters. The molecule has 2 rings (SSSR count). The van der Waals surface area contributed by atoms with E-state index in [1.54, 1.807) is 0 Å². The van der Waals surface area contributed by atoms with Gasteiger partial charge in [0, 0.05) is 0 Å². The number of hydrogen-bond donors (Lipinski definition) is 1. The van der Waals surface area contributed by atoms with E-state index in [0.29, 0.717) is 31.6 Å². The van der Waals surface area contributed by atoms with Gasteiger partial charge in [0.25, 0.3) is 0 Å². The molecule has 0 amide bonds. The molecule has 18 heavy (non-hydrogen) atoms. The van der Waals surface area contributed by atoms with Crippen LogP contribution in [0.25, 0.3) is 0 Å². The van der Waals surface area contributed by atoms with Gasteiger partial charge in [0.05, 0.1) is 25.7 Å². The van der Waals surface area contributed by atoms with Crippen LogP contribution in [0.3, 0.4) is 0 Å². The van der Waals surface area contributed by atoms with E-state index in [-0.39, 0.29) is 0 Å². The second kappa shape index (κ2) is 6.82. The molecule has 0 aromatic carbocycles. The average Bonchev–Trinajstić information content (AvgIpc) is 2.77.